The standard InChI is InChI=1S/C21H27FN2O3/c1-4-12-11-24-8-7-14-19-16(6-5-15(22)21(19)27-3)23-20(14)17(24)9-13(12)10-18(25)26-2/h5-6,12-14,17H,4,7-11H2,1-3H3. The van der Waals surface area contributed by atoms with E-state index in [-0.39, 0.29) is 23.7 Å². The van der Waals surface area contributed by atoms with E-state index in [1.54, 1.807) is 6.07 Å². The van der Waals surface area contributed by atoms with Crippen LogP contribution in [0.15, 0.2) is 17.1 Å². The van der Waals surface area contributed by atoms with Crippen molar-refractivity contribution >= 4 is 17.4 Å². The van der Waals surface area contributed by atoms with Crippen molar-refractivity contribution in [3.8, 4) is 5.75 Å². The summed E-state index contributed by atoms with van der Waals surface area (Å²) in [6, 6.07) is 3.40. The zero-order valence-electron chi connectivity index (χ0n) is 16.2. The van der Waals surface area contributed by atoms with E-state index in [2.05, 4.69) is 11.8 Å². The molecule has 146 valence electrons. The number of fused-ring (bicyclic) bond motifs is 5. The minimum Gasteiger partial charge on any atom is -0.493 e. The molecule has 0 bridgehead atoms. The van der Waals surface area contributed by atoms with Crippen molar-refractivity contribution < 1.29 is 18.7 Å². The average molecular weight is 374 g/mol. The Morgan fingerprint density at radius 3 is 2.85 bits per heavy atom. The Labute approximate surface area is 159 Å². The Morgan fingerprint density at radius 2 is 2.15 bits per heavy atom. The molecule has 1 aromatic carbocycles. The van der Waals surface area contributed by atoms with Gasteiger partial charge < -0.3 is 9.47 Å². The smallest absolute Gasteiger partial charge is 0.305 e. The van der Waals surface area contributed by atoms with Gasteiger partial charge in [-0.15, -0.1) is 0 Å². The molecule has 4 unspecified atom stereocenters. The van der Waals surface area contributed by atoms with E-state index in [9.17, 15) is 9.18 Å². The molecule has 5 nitrogen and oxygen atoms in total. The molecule has 4 atom stereocenters. The van der Waals surface area contributed by atoms with Crippen molar-refractivity contribution in [2.45, 2.75) is 44.6 Å². The lowest BCUT2D eigenvalue weighted by molar-refractivity contribution is -0.142. The fourth-order valence-electron chi connectivity index (χ4n) is 5.23. The van der Waals surface area contributed by atoms with Crippen LogP contribution in [0.1, 0.15) is 44.1 Å². The Morgan fingerprint density at radius 1 is 1.33 bits per heavy atom. The van der Waals surface area contributed by atoms with Crippen LogP contribution >= 0.6 is 0 Å². The van der Waals surface area contributed by atoms with E-state index in [1.807, 2.05) is 0 Å². The fraction of sp³-hybridized carbons (Fsp3) is 0.619. The van der Waals surface area contributed by atoms with Gasteiger partial charge in [-0.1, -0.05) is 13.3 Å². The van der Waals surface area contributed by atoms with Crippen LogP contribution < -0.4 is 4.74 Å². The number of carbonyl (C=O) groups is 1. The quantitative estimate of drug-likeness (QED) is 0.755. The molecule has 0 N–H and O–H groups in total. The SMILES string of the molecule is CCC1CN2CCC3C(=Nc4ccc(F)c(OC)c43)C2CC1CC(=O)OC. The van der Waals surface area contributed by atoms with Crippen molar-refractivity contribution in [2.75, 3.05) is 27.3 Å². The molecule has 0 aliphatic carbocycles. The van der Waals surface area contributed by atoms with Gasteiger partial charge >= 0.3 is 5.97 Å². The van der Waals surface area contributed by atoms with Gasteiger partial charge in [-0.05, 0) is 43.4 Å². The number of benzene rings is 1. The molecule has 3 aliphatic rings. The molecule has 3 heterocycles. The van der Waals surface area contributed by atoms with Crippen molar-refractivity contribution in [3.63, 3.8) is 0 Å². The number of ether oxygens (including phenoxy) is 2. The lowest BCUT2D eigenvalue weighted by Gasteiger charge is -2.48. The highest BCUT2D eigenvalue weighted by molar-refractivity contribution is 6.03. The Hall–Kier alpha value is -1.95. The van der Waals surface area contributed by atoms with Crippen LogP contribution in [0.3, 0.4) is 0 Å². The molecular formula is C21H27FN2O3. The van der Waals surface area contributed by atoms with E-state index < -0.39 is 0 Å². The number of hydrogen-bond acceptors (Lipinski definition) is 5. The summed E-state index contributed by atoms with van der Waals surface area (Å²) in [5.74, 6) is 0.774. The average Bonchev–Trinajstić information content (AvgIpc) is 3.06. The second kappa shape index (κ2) is 7.23. The van der Waals surface area contributed by atoms with Crippen molar-refractivity contribution in [3.05, 3.63) is 23.5 Å². The first kappa shape index (κ1) is 18.4. The highest BCUT2D eigenvalue weighted by Crippen LogP contribution is 2.49. The third kappa shape index (κ3) is 3.04. The van der Waals surface area contributed by atoms with Gasteiger partial charge in [0.05, 0.1) is 19.9 Å². The number of methoxy groups -OCH3 is 2. The van der Waals surface area contributed by atoms with Gasteiger partial charge in [-0.25, -0.2) is 4.39 Å². The van der Waals surface area contributed by atoms with E-state index in [4.69, 9.17) is 14.5 Å². The van der Waals surface area contributed by atoms with Crippen LogP contribution in [-0.2, 0) is 9.53 Å². The van der Waals surface area contributed by atoms with Crippen LogP contribution in [0.5, 0.6) is 5.75 Å². The Balaban J connectivity index is 1.63. The third-order valence-electron chi connectivity index (χ3n) is 6.61. The summed E-state index contributed by atoms with van der Waals surface area (Å²) < 4.78 is 24.5. The lowest BCUT2D eigenvalue weighted by atomic mass is 9.73. The summed E-state index contributed by atoms with van der Waals surface area (Å²) in [5.41, 5.74) is 2.84. The monoisotopic (exact) mass is 374 g/mol. The second-order valence-corrected chi connectivity index (χ2v) is 7.85. The largest absolute Gasteiger partial charge is 0.493 e. The van der Waals surface area contributed by atoms with E-state index in [1.165, 1.54) is 20.3 Å². The maximum Gasteiger partial charge on any atom is 0.305 e. The third-order valence-corrected chi connectivity index (χ3v) is 6.61. The van der Waals surface area contributed by atoms with Crippen molar-refractivity contribution in [1.82, 2.24) is 4.90 Å². The molecule has 0 saturated carbocycles. The van der Waals surface area contributed by atoms with E-state index in [0.29, 0.717) is 24.0 Å². The Kier molecular flexibility index (Phi) is 4.93. The van der Waals surface area contributed by atoms with Gasteiger partial charge in [0.2, 0.25) is 0 Å². The first-order valence-corrected chi connectivity index (χ1v) is 9.83. The molecule has 27 heavy (non-hydrogen) atoms. The van der Waals surface area contributed by atoms with Gasteiger partial charge in [0.1, 0.15) is 0 Å². The van der Waals surface area contributed by atoms with Gasteiger partial charge in [-0.3, -0.25) is 14.7 Å². The molecule has 2 saturated heterocycles. The van der Waals surface area contributed by atoms with Gasteiger partial charge in [0, 0.05) is 36.2 Å². The number of carbonyl (C=O) groups excluding carboxylic acids is 1. The van der Waals surface area contributed by atoms with Crippen molar-refractivity contribution in [2.24, 2.45) is 16.8 Å². The number of halogens is 1. The molecule has 0 amide bonds. The minimum atomic E-state index is -0.326. The maximum absolute atomic E-state index is 14.2. The summed E-state index contributed by atoms with van der Waals surface area (Å²) in [4.78, 5) is 19.3. The number of hydrogen-bond donors (Lipinski definition) is 0. The summed E-state index contributed by atoms with van der Waals surface area (Å²) in [6.07, 6.45) is 3.35. The molecule has 4 rings (SSSR count). The molecule has 3 aliphatic heterocycles. The van der Waals surface area contributed by atoms with E-state index >= 15 is 0 Å². The number of aliphatic imine (C=N–C) groups is 1. The minimum absolute atomic E-state index is 0.115. The van der Waals surface area contributed by atoms with Gasteiger partial charge in [0.25, 0.3) is 0 Å². The summed E-state index contributed by atoms with van der Waals surface area (Å²) in [6.45, 7) is 4.14. The van der Waals surface area contributed by atoms with Gasteiger partial charge in [0.15, 0.2) is 11.6 Å². The topological polar surface area (TPSA) is 51.1 Å². The number of rotatable bonds is 4. The Bertz CT molecular complexity index is 779. The summed E-state index contributed by atoms with van der Waals surface area (Å²) in [5, 5.41) is 0. The molecule has 6 heteroatoms. The normalized spacial score (nSPS) is 29.4. The van der Waals surface area contributed by atoms with Crippen LogP contribution in [0.25, 0.3) is 0 Å². The number of piperidine rings is 2. The molecule has 2 fully saturated rings. The molecular weight excluding hydrogens is 347 g/mol. The molecule has 0 spiro atoms. The predicted octanol–water partition coefficient (Wildman–Crippen LogP) is 3.69. The lowest BCUT2D eigenvalue weighted by Crippen LogP contribution is -2.55. The van der Waals surface area contributed by atoms with Gasteiger partial charge in [-0.2, -0.15) is 0 Å². The second-order valence-electron chi connectivity index (χ2n) is 7.85. The van der Waals surface area contributed by atoms with Crippen LogP contribution in [0.4, 0.5) is 10.1 Å². The van der Waals surface area contributed by atoms with Crippen LogP contribution in [0, 0.1) is 17.7 Å². The highest BCUT2D eigenvalue weighted by Gasteiger charge is 2.46. The molecule has 0 aromatic heterocycles. The summed E-state index contributed by atoms with van der Waals surface area (Å²) >= 11 is 0. The molecule has 0 radical (unpaired) electrons. The zero-order valence-corrected chi connectivity index (χ0v) is 16.2. The predicted molar refractivity (Wildman–Crippen MR) is 101 cm³/mol. The zero-order chi connectivity index (χ0) is 19.1. The van der Waals surface area contributed by atoms with Crippen LogP contribution in [-0.4, -0.2) is 49.9 Å². The first-order valence-electron chi connectivity index (χ1n) is 9.83. The number of esters is 1. The first-order chi connectivity index (χ1) is 13.1. The molecule has 1 aromatic rings. The van der Waals surface area contributed by atoms with Crippen LogP contribution in [0.2, 0.25) is 0 Å². The van der Waals surface area contributed by atoms with Crippen molar-refractivity contribution in [1.29, 1.82) is 0 Å². The summed E-state index contributed by atoms with van der Waals surface area (Å²) in [7, 11) is 2.97. The number of nitrogens with zero attached hydrogens (tertiary/aromatic N) is 2. The van der Waals surface area contributed by atoms with E-state index in [0.717, 1.165) is 49.3 Å². The fourth-order valence-corrected chi connectivity index (χ4v) is 5.23. The maximum atomic E-state index is 14.2. The highest BCUT2D eigenvalue weighted by atomic mass is 19.1.